The standard InChI is InChI=1S/C20H21N3O6/c1-12-8-15(13-9-18(27-3)20(29-5)19(10-13)28-4)22(21-12)14-6-7-17(26-2)16(11-14)23(24)25/h6-11H,1-5H3. The lowest BCUT2D eigenvalue weighted by Gasteiger charge is -2.15. The summed E-state index contributed by atoms with van der Waals surface area (Å²) in [6, 6.07) is 10.1. The van der Waals surface area contributed by atoms with Crippen molar-refractivity contribution in [3.05, 3.63) is 52.2 Å². The first-order chi connectivity index (χ1) is 13.9. The van der Waals surface area contributed by atoms with Gasteiger partial charge in [-0.05, 0) is 37.3 Å². The first kappa shape index (κ1) is 20.0. The lowest BCUT2D eigenvalue weighted by atomic mass is 10.1. The average molecular weight is 399 g/mol. The summed E-state index contributed by atoms with van der Waals surface area (Å²) in [6.07, 6.45) is 0. The Balaban J connectivity index is 2.21. The topological polar surface area (TPSA) is 97.9 Å². The van der Waals surface area contributed by atoms with Crippen molar-refractivity contribution >= 4 is 5.69 Å². The van der Waals surface area contributed by atoms with Gasteiger partial charge in [0.2, 0.25) is 5.75 Å². The number of hydrogen-bond donors (Lipinski definition) is 0. The van der Waals surface area contributed by atoms with Crippen LogP contribution in [-0.4, -0.2) is 43.1 Å². The van der Waals surface area contributed by atoms with Gasteiger partial charge in [0.15, 0.2) is 17.2 Å². The minimum Gasteiger partial charge on any atom is -0.493 e. The number of aromatic nitrogens is 2. The summed E-state index contributed by atoms with van der Waals surface area (Å²) < 4.78 is 23.0. The normalized spacial score (nSPS) is 10.5. The Morgan fingerprint density at radius 3 is 2.03 bits per heavy atom. The van der Waals surface area contributed by atoms with Crippen molar-refractivity contribution in [3.8, 4) is 39.9 Å². The Bertz CT molecular complexity index is 1040. The molecule has 0 aliphatic heterocycles. The van der Waals surface area contributed by atoms with Crippen molar-refractivity contribution in [3.63, 3.8) is 0 Å². The molecular formula is C20H21N3O6. The molecule has 0 atom stereocenters. The van der Waals surface area contributed by atoms with E-state index in [9.17, 15) is 10.1 Å². The highest BCUT2D eigenvalue weighted by molar-refractivity contribution is 5.71. The fourth-order valence-electron chi connectivity index (χ4n) is 3.08. The summed E-state index contributed by atoms with van der Waals surface area (Å²) >= 11 is 0. The third-order valence-electron chi connectivity index (χ3n) is 4.40. The maximum absolute atomic E-state index is 11.4. The number of nitrogens with zero attached hydrogens (tertiary/aromatic N) is 3. The van der Waals surface area contributed by atoms with Crippen LogP contribution in [0.4, 0.5) is 5.69 Å². The van der Waals surface area contributed by atoms with E-state index in [1.54, 1.807) is 28.9 Å². The highest BCUT2D eigenvalue weighted by atomic mass is 16.6. The van der Waals surface area contributed by atoms with E-state index >= 15 is 0 Å². The SMILES string of the molecule is COc1ccc(-n2nc(C)cc2-c2cc(OC)c(OC)c(OC)c2)cc1[N+](=O)[O-]. The molecule has 0 saturated heterocycles. The molecule has 0 saturated carbocycles. The predicted molar refractivity (Wildman–Crippen MR) is 107 cm³/mol. The quantitative estimate of drug-likeness (QED) is 0.440. The zero-order valence-electron chi connectivity index (χ0n) is 16.8. The highest BCUT2D eigenvalue weighted by Gasteiger charge is 2.20. The zero-order chi connectivity index (χ0) is 21.1. The van der Waals surface area contributed by atoms with Crippen molar-refractivity contribution in [2.24, 2.45) is 0 Å². The molecule has 0 N–H and O–H groups in total. The minimum absolute atomic E-state index is 0.144. The highest BCUT2D eigenvalue weighted by Crippen LogP contribution is 2.42. The van der Waals surface area contributed by atoms with Gasteiger partial charge in [-0.1, -0.05) is 0 Å². The maximum atomic E-state index is 11.4. The first-order valence-electron chi connectivity index (χ1n) is 8.63. The van der Waals surface area contributed by atoms with E-state index in [0.717, 1.165) is 11.3 Å². The Morgan fingerprint density at radius 2 is 1.52 bits per heavy atom. The molecule has 3 aromatic rings. The van der Waals surface area contributed by atoms with Crippen LogP contribution in [0.3, 0.4) is 0 Å². The number of aryl methyl sites for hydroxylation is 1. The number of nitro benzene ring substituents is 1. The van der Waals surface area contributed by atoms with E-state index in [4.69, 9.17) is 18.9 Å². The third-order valence-corrected chi connectivity index (χ3v) is 4.40. The minimum atomic E-state index is -0.488. The van der Waals surface area contributed by atoms with Crippen LogP contribution in [0.5, 0.6) is 23.0 Å². The second-order valence-electron chi connectivity index (χ2n) is 6.11. The molecular weight excluding hydrogens is 378 g/mol. The average Bonchev–Trinajstić information content (AvgIpc) is 3.13. The Morgan fingerprint density at radius 1 is 0.897 bits per heavy atom. The van der Waals surface area contributed by atoms with Gasteiger partial charge < -0.3 is 18.9 Å². The number of hydrogen-bond acceptors (Lipinski definition) is 7. The first-order valence-corrected chi connectivity index (χ1v) is 8.63. The van der Waals surface area contributed by atoms with Crippen LogP contribution >= 0.6 is 0 Å². The molecule has 0 bridgehead atoms. The van der Waals surface area contributed by atoms with E-state index in [-0.39, 0.29) is 11.4 Å². The summed E-state index contributed by atoms with van der Waals surface area (Å²) in [5.41, 5.74) is 2.58. The molecule has 3 rings (SSSR count). The molecule has 0 fully saturated rings. The van der Waals surface area contributed by atoms with Gasteiger partial charge in [0.1, 0.15) is 0 Å². The number of nitro groups is 1. The molecule has 0 unspecified atom stereocenters. The summed E-state index contributed by atoms with van der Waals surface area (Å²) in [4.78, 5) is 10.9. The van der Waals surface area contributed by atoms with Crippen LogP contribution in [0.1, 0.15) is 5.69 Å². The zero-order valence-corrected chi connectivity index (χ0v) is 16.8. The van der Waals surface area contributed by atoms with Gasteiger partial charge in [-0.2, -0.15) is 5.10 Å². The predicted octanol–water partition coefficient (Wildman–Crippen LogP) is 3.79. The van der Waals surface area contributed by atoms with Gasteiger partial charge in [0, 0.05) is 11.6 Å². The van der Waals surface area contributed by atoms with Gasteiger partial charge in [-0.25, -0.2) is 4.68 Å². The lowest BCUT2D eigenvalue weighted by molar-refractivity contribution is -0.385. The van der Waals surface area contributed by atoms with Gasteiger partial charge in [0.05, 0.1) is 50.4 Å². The lowest BCUT2D eigenvalue weighted by Crippen LogP contribution is -2.02. The van der Waals surface area contributed by atoms with E-state index in [0.29, 0.717) is 28.6 Å². The number of ether oxygens (including phenoxy) is 4. The van der Waals surface area contributed by atoms with Crippen LogP contribution < -0.4 is 18.9 Å². The molecule has 152 valence electrons. The molecule has 0 amide bonds. The monoisotopic (exact) mass is 399 g/mol. The fraction of sp³-hybridized carbons (Fsp3) is 0.250. The van der Waals surface area contributed by atoms with E-state index in [1.165, 1.54) is 34.5 Å². The second kappa shape index (κ2) is 8.09. The molecule has 0 aliphatic rings. The van der Waals surface area contributed by atoms with Crippen molar-refractivity contribution in [2.45, 2.75) is 6.92 Å². The Hall–Kier alpha value is -3.75. The van der Waals surface area contributed by atoms with Gasteiger partial charge in [-0.15, -0.1) is 0 Å². The van der Waals surface area contributed by atoms with Crippen LogP contribution in [0, 0.1) is 17.0 Å². The third kappa shape index (κ3) is 3.66. The second-order valence-corrected chi connectivity index (χ2v) is 6.11. The summed E-state index contributed by atoms with van der Waals surface area (Å²) in [6.45, 7) is 1.84. The molecule has 0 radical (unpaired) electrons. The summed E-state index contributed by atoms with van der Waals surface area (Å²) in [5.74, 6) is 1.64. The largest absolute Gasteiger partial charge is 0.493 e. The molecule has 9 nitrogen and oxygen atoms in total. The van der Waals surface area contributed by atoms with E-state index in [1.807, 2.05) is 13.0 Å². The molecule has 29 heavy (non-hydrogen) atoms. The van der Waals surface area contributed by atoms with Crippen LogP contribution in [0.25, 0.3) is 16.9 Å². The van der Waals surface area contributed by atoms with Gasteiger partial charge in [-0.3, -0.25) is 10.1 Å². The van der Waals surface area contributed by atoms with Crippen molar-refractivity contribution in [1.29, 1.82) is 0 Å². The molecule has 2 aromatic carbocycles. The van der Waals surface area contributed by atoms with Crippen molar-refractivity contribution in [2.75, 3.05) is 28.4 Å². The summed E-state index contributed by atoms with van der Waals surface area (Å²) in [5, 5.41) is 15.9. The van der Waals surface area contributed by atoms with Crippen molar-refractivity contribution in [1.82, 2.24) is 9.78 Å². The van der Waals surface area contributed by atoms with Crippen LogP contribution in [0.15, 0.2) is 36.4 Å². The van der Waals surface area contributed by atoms with Gasteiger partial charge in [0.25, 0.3) is 0 Å². The number of rotatable bonds is 7. The molecule has 1 heterocycles. The Kier molecular flexibility index (Phi) is 5.58. The summed E-state index contributed by atoms with van der Waals surface area (Å²) in [7, 11) is 6.00. The molecule has 0 aliphatic carbocycles. The van der Waals surface area contributed by atoms with Crippen LogP contribution in [0.2, 0.25) is 0 Å². The Labute approximate surface area is 167 Å². The maximum Gasteiger partial charge on any atom is 0.313 e. The van der Waals surface area contributed by atoms with Crippen LogP contribution in [-0.2, 0) is 0 Å². The number of benzene rings is 2. The molecule has 0 spiro atoms. The van der Waals surface area contributed by atoms with E-state index < -0.39 is 4.92 Å². The molecule has 1 aromatic heterocycles. The van der Waals surface area contributed by atoms with Gasteiger partial charge >= 0.3 is 5.69 Å². The van der Waals surface area contributed by atoms with Crippen molar-refractivity contribution < 1.29 is 23.9 Å². The number of methoxy groups -OCH3 is 4. The fourth-order valence-corrected chi connectivity index (χ4v) is 3.08. The smallest absolute Gasteiger partial charge is 0.313 e. The van der Waals surface area contributed by atoms with E-state index in [2.05, 4.69) is 5.10 Å². The molecule has 9 heteroatoms.